The Bertz CT molecular complexity index is 855. The highest BCUT2D eigenvalue weighted by Gasteiger charge is 2.29. The number of tetrazole rings is 1. The number of benzene rings is 1. The Morgan fingerprint density at radius 3 is 2.71 bits per heavy atom. The number of hydrogen-bond acceptors (Lipinski definition) is 6. The van der Waals surface area contributed by atoms with Gasteiger partial charge in [0.25, 0.3) is 0 Å². The van der Waals surface area contributed by atoms with E-state index in [0.717, 1.165) is 29.9 Å². The lowest BCUT2D eigenvalue weighted by Gasteiger charge is -2.30. The standard InChI is InChI=1S/C19H24N6O3/c1-2-28-19(27)24-10-8-13(9-11-24)18(26)20-15-5-3-4-14(12-15)17-21-22-23-25(17)16-6-7-16/h3-5,12-13,16H,2,6-11H2,1H3,(H,20,26). The molecular formula is C19H24N6O3. The van der Waals surface area contributed by atoms with Crippen molar-refractivity contribution in [2.45, 2.75) is 38.6 Å². The zero-order chi connectivity index (χ0) is 19.5. The van der Waals surface area contributed by atoms with Crippen LogP contribution < -0.4 is 5.32 Å². The van der Waals surface area contributed by atoms with Crippen molar-refractivity contribution in [3.8, 4) is 11.4 Å². The summed E-state index contributed by atoms with van der Waals surface area (Å²) in [4.78, 5) is 26.1. The molecule has 1 aliphatic carbocycles. The quantitative estimate of drug-likeness (QED) is 0.850. The maximum atomic E-state index is 12.7. The van der Waals surface area contributed by atoms with Gasteiger partial charge in [0.1, 0.15) is 0 Å². The first kappa shape index (κ1) is 18.4. The molecule has 1 N–H and O–H groups in total. The van der Waals surface area contributed by atoms with Crippen LogP contribution in [-0.2, 0) is 9.53 Å². The number of nitrogens with zero attached hydrogens (tertiary/aromatic N) is 5. The van der Waals surface area contributed by atoms with Gasteiger partial charge in [0, 0.05) is 30.3 Å². The Labute approximate surface area is 163 Å². The van der Waals surface area contributed by atoms with Crippen molar-refractivity contribution >= 4 is 17.7 Å². The summed E-state index contributed by atoms with van der Waals surface area (Å²) < 4.78 is 6.87. The fourth-order valence-electron chi connectivity index (χ4n) is 3.47. The number of carbonyl (C=O) groups is 2. The zero-order valence-corrected chi connectivity index (χ0v) is 15.9. The lowest BCUT2D eigenvalue weighted by atomic mass is 9.96. The molecule has 1 aromatic heterocycles. The Kier molecular flexibility index (Phi) is 5.23. The van der Waals surface area contributed by atoms with Crippen LogP contribution in [0.3, 0.4) is 0 Å². The fourth-order valence-corrected chi connectivity index (χ4v) is 3.47. The number of likely N-dealkylation sites (tertiary alicyclic amines) is 1. The van der Waals surface area contributed by atoms with Gasteiger partial charge >= 0.3 is 6.09 Å². The third kappa shape index (κ3) is 3.97. The largest absolute Gasteiger partial charge is 0.450 e. The second kappa shape index (κ2) is 7.95. The van der Waals surface area contributed by atoms with E-state index in [9.17, 15) is 9.59 Å². The van der Waals surface area contributed by atoms with E-state index in [-0.39, 0.29) is 17.9 Å². The summed E-state index contributed by atoms with van der Waals surface area (Å²) >= 11 is 0. The first-order valence-corrected chi connectivity index (χ1v) is 9.76. The van der Waals surface area contributed by atoms with Crippen molar-refractivity contribution in [1.82, 2.24) is 25.1 Å². The molecule has 0 unspecified atom stereocenters. The van der Waals surface area contributed by atoms with Gasteiger partial charge in [-0.05, 0) is 55.2 Å². The lowest BCUT2D eigenvalue weighted by Crippen LogP contribution is -2.41. The van der Waals surface area contributed by atoms with Crippen molar-refractivity contribution in [3.63, 3.8) is 0 Å². The van der Waals surface area contributed by atoms with Crippen molar-refractivity contribution < 1.29 is 14.3 Å². The van der Waals surface area contributed by atoms with Crippen LogP contribution >= 0.6 is 0 Å². The first-order valence-electron chi connectivity index (χ1n) is 9.76. The van der Waals surface area contributed by atoms with Crippen LogP contribution in [0.25, 0.3) is 11.4 Å². The molecular weight excluding hydrogens is 360 g/mol. The molecule has 1 saturated heterocycles. The van der Waals surface area contributed by atoms with Crippen LogP contribution in [0.1, 0.15) is 38.6 Å². The Hall–Kier alpha value is -2.97. The molecule has 2 amide bonds. The SMILES string of the molecule is CCOC(=O)N1CCC(C(=O)Nc2cccc(-c3nnnn3C3CC3)c2)CC1. The Balaban J connectivity index is 1.38. The van der Waals surface area contributed by atoms with Gasteiger partial charge in [-0.2, -0.15) is 0 Å². The van der Waals surface area contributed by atoms with Crippen LogP contribution in [0.4, 0.5) is 10.5 Å². The van der Waals surface area contributed by atoms with Gasteiger partial charge in [-0.15, -0.1) is 5.10 Å². The molecule has 2 fully saturated rings. The maximum Gasteiger partial charge on any atom is 0.409 e. The molecule has 9 nitrogen and oxygen atoms in total. The van der Waals surface area contributed by atoms with Crippen LogP contribution in [0.15, 0.2) is 24.3 Å². The molecule has 1 aromatic carbocycles. The molecule has 0 bridgehead atoms. The lowest BCUT2D eigenvalue weighted by molar-refractivity contribution is -0.121. The van der Waals surface area contributed by atoms with Gasteiger partial charge in [0.15, 0.2) is 5.82 Å². The second-order valence-electron chi connectivity index (χ2n) is 7.21. The number of ether oxygens (including phenoxy) is 1. The molecule has 0 radical (unpaired) electrons. The summed E-state index contributed by atoms with van der Waals surface area (Å²) in [6, 6.07) is 7.97. The van der Waals surface area contributed by atoms with Crippen molar-refractivity contribution in [2.24, 2.45) is 5.92 Å². The molecule has 1 saturated carbocycles. The normalized spacial score (nSPS) is 17.4. The molecule has 148 valence electrons. The topological polar surface area (TPSA) is 102 Å². The molecule has 9 heteroatoms. The van der Waals surface area contributed by atoms with Gasteiger partial charge in [0.05, 0.1) is 12.6 Å². The average molecular weight is 384 g/mol. The number of aromatic nitrogens is 4. The minimum absolute atomic E-state index is 0.0255. The third-order valence-corrected chi connectivity index (χ3v) is 5.17. The number of rotatable bonds is 5. The average Bonchev–Trinajstić information content (AvgIpc) is 3.44. The number of hydrogen-bond donors (Lipinski definition) is 1. The van der Waals surface area contributed by atoms with Crippen molar-refractivity contribution in [1.29, 1.82) is 0 Å². The number of nitrogens with one attached hydrogen (secondary N) is 1. The van der Waals surface area contributed by atoms with Gasteiger partial charge in [0.2, 0.25) is 5.91 Å². The van der Waals surface area contributed by atoms with Gasteiger partial charge in [-0.3, -0.25) is 4.79 Å². The molecule has 0 spiro atoms. The first-order chi connectivity index (χ1) is 13.7. The van der Waals surface area contributed by atoms with Gasteiger partial charge in [-0.25, -0.2) is 9.48 Å². The van der Waals surface area contributed by atoms with Crippen molar-refractivity contribution in [3.05, 3.63) is 24.3 Å². The molecule has 2 aliphatic rings. The van der Waals surface area contributed by atoms with E-state index < -0.39 is 0 Å². The van der Waals surface area contributed by atoms with E-state index in [1.54, 1.807) is 11.8 Å². The van der Waals surface area contributed by atoms with Gasteiger partial charge in [-0.1, -0.05) is 12.1 Å². The monoisotopic (exact) mass is 384 g/mol. The van der Waals surface area contributed by atoms with Crippen LogP contribution in [-0.4, -0.2) is 56.8 Å². The van der Waals surface area contributed by atoms with E-state index in [2.05, 4.69) is 20.8 Å². The minimum Gasteiger partial charge on any atom is -0.450 e. The van der Waals surface area contributed by atoms with E-state index >= 15 is 0 Å². The van der Waals surface area contributed by atoms with E-state index in [1.807, 2.05) is 28.9 Å². The Morgan fingerprint density at radius 1 is 1.21 bits per heavy atom. The molecule has 1 aliphatic heterocycles. The second-order valence-corrected chi connectivity index (χ2v) is 7.21. The summed E-state index contributed by atoms with van der Waals surface area (Å²) in [6.07, 6.45) is 3.15. The zero-order valence-electron chi connectivity index (χ0n) is 15.9. The van der Waals surface area contributed by atoms with Gasteiger partial charge < -0.3 is 15.0 Å². The maximum absolute atomic E-state index is 12.7. The molecule has 2 aromatic rings. The Morgan fingerprint density at radius 2 is 2.00 bits per heavy atom. The van der Waals surface area contributed by atoms with E-state index in [1.165, 1.54) is 0 Å². The molecule has 4 rings (SSSR count). The number of carbonyl (C=O) groups excluding carboxylic acids is 2. The number of anilines is 1. The highest BCUT2D eigenvalue weighted by Crippen LogP contribution is 2.36. The van der Waals surface area contributed by atoms with Crippen molar-refractivity contribution in [2.75, 3.05) is 25.0 Å². The predicted octanol–water partition coefficient (Wildman–Crippen LogP) is 2.48. The van der Waals surface area contributed by atoms with Crippen LogP contribution in [0, 0.1) is 5.92 Å². The number of piperidine rings is 1. The van der Waals surface area contributed by atoms with Crippen LogP contribution in [0.2, 0.25) is 0 Å². The predicted molar refractivity (Wildman–Crippen MR) is 101 cm³/mol. The fraction of sp³-hybridized carbons (Fsp3) is 0.526. The summed E-state index contributed by atoms with van der Waals surface area (Å²) in [5.41, 5.74) is 1.60. The smallest absolute Gasteiger partial charge is 0.409 e. The molecule has 0 atom stereocenters. The van der Waals surface area contributed by atoms with E-state index in [0.29, 0.717) is 38.6 Å². The highest BCUT2D eigenvalue weighted by atomic mass is 16.6. The third-order valence-electron chi connectivity index (χ3n) is 5.17. The molecule has 28 heavy (non-hydrogen) atoms. The molecule has 2 heterocycles. The minimum atomic E-state index is -0.303. The summed E-state index contributed by atoms with van der Waals surface area (Å²) in [7, 11) is 0. The highest BCUT2D eigenvalue weighted by molar-refractivity contribution is 5.93. The summed E-state index contributed by atoms with van der Waals surface area (Å²) in [5.74, 6) is 0.579. The van der Waals surface area contributed by atoms with E-state index in [4.69, 9.17) is 4.74 Å². The summed E-state index contributed by atoms with van der Waals surface area (Å²) in [6.45, 7) is 3.22. The number of amides is 2. The van der Waals surface area contributed by atoms with Crippen LogP contribution in [0.5, 0.6) is 0 Å². The summed E-state index contributed by atoms with van der Waals surface area (Å²) in [5, 5.41) is 15.0.